The zero-order valence-corrected chi connectivity index (χ0v) is 11.8. The lowest BCUT2D eigenvalue weighted by molar-refractivity contribution is -0.114. The van der Waals surface area contributed by atoms with Gasteiger partial charge in [-0.1, -0.05) is 12.1 Å². The minimum atomic E-state index is -0.824. The van der Waals surface area contributed by atoms with Crippen LogP contribution in [0.25, 0.3) is 0 Å². The second-order valence-corrected chi connectivity index (χ2v) is 4.84. The van der Waals surface area contributed by atoms with Gasteiger partial charge in [0.15, 0.2) is 0 Å². The van der Waals surface area contributed by atoms with Crippen molar-refractivity contribution in [2.24, 2.45) is 0 Å². The number of ketones is 2. The van der Waals surface area contributed by atoms with Crippen LogP contribution >= 0.6 is 0 Å². The first-order chi connectivity index (χ1) is 11.1. The van der Waals surface area contributed by atoms with E-state index in [9.17, 15) is 14.0 Å². The largest absolute Gasteiger partial charge is 0.465 e. The minimum absolute atomic E-state index is 0.184. The number of aromatic nitrogens is 4. The van der Waals surface area contributed by atoms with Crippen LogP contribution in [-0.2, 0) is 17.6 Å². The molecule has 23 heavy (non-hydrogen) atoms. The first kappa shape index (κ1) is 14.8. The lowest BCUT2D eigenvalue weighted by atomic mass is 10.1. The van der Waals surface area contributed by atoms with Gasteiger partial charge in [-0.2, -0.15) is 5.21 Å². The summed E-state index contributed by atoms with van der Waals surface area (Å²) in [6.07, 6.45) is 0.282. The molecule has 3 rings (SSSR count). The molecule has 0 aliphatic heterocycles. The van der Waals surface area contributed by atoms with Crippen LogP contribution in [0.1, 0.15) is 27.7 Å². The fourth-order valence-electron chi connectivity index (χ4n) is 2.04. The van der Waals surface area contributed by atoms with Gasteiger partial charge in [0.05, 0.1) is 6.42 Å². The standard InChI is InChI=1S/C15H11FN4O3/c16-10-3-1-9(2-4-10)7-11-5-6-12(23-11)8-13(21)14(22)15-17-19-20-18-15/h1-6H,7-8H2,(H,17,18,19,20). The number of carbonyl (C=O) groups excluding carboxylic acids is 2. The van der Waals surface area contributed by atoms with Gasteiger partial charge in [-0.25, -0.2) is 4.39 Å². The van der Waals surface area contributed by atoms with Crippen LogP contribution in [0.2, 0.25) is 0 Å². The van der Waals surface area contributed by atoms with Crippen molar-refractivity contribution in [3.63, 3.8) is 0 Å². The van der Waals surface area contributed by atoms with Crippen LogP contribution in [0.5, 0.6) is 0 Å². The fourth-order valence-corrected chi connectivity index (χ4v) is 2.04. The van der Waals surface area contributed by atoms with E-state index in [2.05, 4.69) is 20.6 Å². The van der Waals surface area contributed by atoms with Crippen molar-refractivity contribution in [3.05, 3.63) is 65.1 Å². The highest BCUT2D eigenvalue weighted by atomic mass is 19.1. The summed E-state index contributed by atoms with van der Waals surface area (Å²) in [5.41, 5.74) is 0.876. The van der Waals surface area contributed by atoms with Crippen molar-refractivity contribution in [2.75, 3.05) is 0 Å². The van der Waals surface area contributed by atoms with Gasteiger partial charge in [0.25, 0.3) is 5.78 Å². The SMILES string of the molecule is O=C(Cc1ccc(Cc2ccc(F)cc2)o1)C(=O)c1nn[nH]n1. The van der Waals surface area contributed by atoms with E-state index in [1.54, 1.807) is 24.3 Å². The van der Waals surface area contributed by atoms with Crippen molar-refractivity contribution in [2.45, 2.75) is 12.8 Å². The summed E-state index contributed by atoms with van der Waals surface area (Å²) in [6, 6.07) is 9.38. The minimum Gasteiger partial charge on any atom is -0.465 e. The molecule has 0 aliphatic rings. The number of rotatable bonds is 6. The van der Waals surface area contributed by atoms with Gasteiger partial charge < -0.3 is 4.42 Å². The number of hydrogen-bond acceptors (Lipinski definition) is 6. The molecule has 0 atom stereocenters. The van der Waals surface area contributed by atoms with Crippen molar-refractivity contribution in [1.82, 2.24) is 20.6 Å². The first-order valence-electron chi connectivity index (χ1n) is 6.75. The molecule has 116 valence electrons. The van der Waals surface area contributed by atoms with Crippen LogP contribution in [0, 0.1) is 5.82 Å². The number of benzene rings is 1. The second-order valence-electron chi connectivity index (χ2n) is 4.84. The lowest BCUT2D eigenvalue weighted by Gasteiger charge is -1.98. The lowest BCUT2D eigenvalue weighted by Crippen LogP contribution is -2.18. The number of nitrogens with zero attached hydrogens (tertiary/aromatic N) is 3. The van der Waals surface area contributed by atoms with Gasteiger partial charge in [-0.15, -0.1) is 10.2 Å². The summed E-state index contributed by atoms with van der Waals surface area (Å²) in [5.74, 6) is -1.10. The molecule has 2 heterocycles. The molecular formula is C15H11FN4O3. The van der Waals surface area contributed by atoms with Gasteiger partial charge in [-0.3, -0.25) is 9.59 Å². The quantitative estimate of drug-likeness (QED) is 0.546. The van der Waals surface area contributed by atoms with Crippen LogP contribution in [0.15, 0.2) is 40.8 Å². The monoisotopic (exact) mass is 314 g/mol. The smallest absolute Gasteiger partial charge is 0.269 e. The number of carbonyl (C=O) groups is 2. The summed E-state index contributed by atoms with van der Waals surface area (Å²) in [4.78, 5) is 23.6. The van der Waals surface area contributed by atoms with E-state index in [1.807, 2.05) is 0 Å². The molecule has 1 N–H and O–H groups in total. The Bertz CT molecular complexity index is 825. The molecule has 0 saturated carbocycles. The molecule has 3 aromatic rings. The predicted octanol–water partition coefficient (Wildman–Crippen LogP) is 1.52. The Labute approximate surface area is 129 Å². The maximum atomic E-state index is 12.9. The van der Waals surface area contributed by atoms with Gasteiger partial charge in [0, 0.05) is 6.42 Å². The van der Waals surface area contributed by atoms with Crippen molar-refractivity contribution in [3.8, 4) is 0 Å². The van der Waals surface area contributed by atoms with Crippen LogP contribution in [0.3, 0.4) is 0 Å². The second kappa shape index (κ2) is 6.30. The number of Topliss-reactive ketones (excluding diaryl/α,β-unsaturated/α-hetero) is 2. The predicted molar refractivity (Wildman–Crippen MR) is 75.1 cm³/mol. The Morgan fingerprint density at radius 3 is 2.52 bits per heavy atom. The van der Waals surface area contributed by atoms with Gasteiger partial charge in [-0.05, 0) is 35.0 Å². The summed E-state index contributed by atoms with van der Waals surface area (Å²) < 4.78 is 18.4. The van der Waals surface area contributed by atoms with Crippen LogP contribution in [-0.4, -0.2) is 32.2 Å². The summed E-state index contributed by atoms with van der Waals surface area (Å²) in [5, 5.41) is 12.3. The van der Waals surface area contributed by atoms with Crippen molar-refractivity contribution >= 4 is 11.6 Å². The molecule has 2 aromatic heterocycles. The number of tetrazole rings is 1. The number of aromatic amines is 1. The third-order valence-electron chi connectivity index (χ3n) is 3.15. The van der Waals surface area contributed by atoms with E-state index in [0.717, 1.165) is 5.56 Å². The third kappa shape index (κ3) is 3.54. The highest BCUT2D eigenvalue weighted by molar-refractivity contribution is 6.42. The maximum Gasteiger partial charge on any atom is 0.269 e. The molecule has 0 radical (unpaired) electrons. The molecular weight excluding hydrogens is 303 g/mol. The zero-order chi connectivity index (χ0) is 16.2. The van der Waals surface area contributed by atoms with E-state index in [1.165, 1.54) is 12.1 Å². The van der Waals surface area contributed by atoms with E-state index in [4.69, 9.17) is 4.42 Å². The number of nitrogens with one attached hydrogen (secondary N) is 1. The van der Waals surface area contributed by atoms with Crippen LogP contribution < -0.4 is 0 Å². The van der Waals surface area contributed by atoms with Gasteiger partial charge in [0.1, 0.15) is 17.3 Å². The molecule has 0 aliphatic carbocycles. The van der Waals surface area contributed by atoms with Crippen molar-refractivity contribution in [1.29, 1.82) is 0 Å². The Morgan fingerprint density at radius 2 is 1.83 bits per heavy atom. The average Bonchev–Trinajstić information content (AvgIpc) is 3.21. The highest BCUT2D eigenvalue weighted by Gasteiger charge is 2.22. The number of halogens is 1. The maximum absolute atomic E-state index is 12.9. The normalized spacial score (nSPS) is 10.7. The van der Waals surface area contributed by atoms with E-state index >= 15 is 0 Å². The Hall–Kier alpha value is -3.16. The zero-order valence-electron chi connectivity index (χ0n) is 11.8. The van der Waals surface area contributed by atoms with Gasteiger partial charge >= 0.3 is 0 Å². The average molecular weight is 314 g/mol. The van der Waals surface area contributed by atoms with E-state index in [-0.39, 0.29) is 18.1 Å². The van der Waals surface area contributed by atoms with Crippen molar-refractivity contribution < 1.29 is 18.4 Å². The third-order valence-corrected chi connectivity index (χ3v) is 3.15. The summed E-state index contributed by atoms with van der Waals surface area (Å²) in [6.45, 7) is 0. The molecule has 0 fully saturated rings. The number of hydrogen-bond donors (Lipinski definition) is 1. The molecule has 1 aromatic carbocycles. The molecule has 0 spiro atoms. The number of H-pyrrole nitrogens is 1. The molecule has 7 nitrogen and oxygen atoms in total. The number of furan rings is 1. The summed E-state index contributed by atoms with van der Waals surface area (Å²) >= 11 is 0. The van der Waals surface area contributed by atoms with Gasteiger partial charge in [0.2, 0.25) is 11.6 Å². The topological polar surface area (TPSA) is 102 Å². The molecule has 0 amide bonds. The Morgan fingerprint density at radius 1 is 1.09 bits per heavy atom. The first-order valence-corrected chi connectivity index (χ1v) is 6.75. The van der Waals surface area contributed by atoms with E-state index < -0.39 is 11.6 Å². The molecule has 8 heteroatoms. The molecule has 0 unspecified atom stereocenters. The Balaban J connectivity index is 1.64. The molecule has 0 saturated heterocycles. The van der Waals surface area contributed by atoms with Crippen LogP contribution in [0.4, 0.5) is 4.39 Å². The fraction of sp³-hybridized carbons (Fsp3) is 0.133. The highest BCUT2D eigenvalue weighted by Crippen LogP contribution is 2.15. The summed E-state index contributed by atoms with van der Waals surface area (Å²) in [7, 11) is 0. The Kier molecular flexibility index (Phi) is 4.05. The molecule has 0 bridgehead atoms. The van der Waals surface area contributed by atoms with E-state index in [0.29, 0.717) is 17.9 Å².